The summed E-state index contributed by atoms with van der Waals surface area (Å²) in [5.41, 5.74) is 9.47. The number of aryl methyl sites for hydroxylation is 1. The lowest BCUT2D eigenvalue weighted by molar-refractivity contribution is 1.41. The van der Waals surface area contributed by atoms with Crippen molar-refractivity contribution in [2.24, 2.45) is 0 Å². The molecule has 0 saturated carbocycles. The Morgan fingerprint density at radius 3 is 2.58 bits per heavy atom. The van der Waals surface area contributed by atoms with Crippen LogP contribution < -0.4 is 5.73 Å². The zero-order valence-corrected chi connectivity index (χ0v) is 6.96. The van der Waals surface area contributed by atoms with E-state index in [9.17, 15) is 0 Å². The molecule has 0 unspecified atom stereocenters. The molecule has 0 amide bonds. The third kappa shape index (κ3) is 0.944. The van der Waals surface area contributed by atoms with E-state index in [1.807, 2.05) is 37.3 Å². The summed E-state index contributed by atoms with van der Waals surface area (Å²) >= 11 is 0. The molecule has 1 N–H and O–H groups in total. The van der Waals surface area contributed by atoms with Gasteiger partial charge in [-0.25, -0.2) is 0 Å². The van der Waals surface area contributed by atoms with Crippen molar-refractivity contribution in [3.8, 4) is 0 Å². The molecule has 0 bridgehead atoms. The molecule has 0 heterocycles. The van der Waals surface area contributed by atoms with Gasteiger partial charge in [0, 0.05) is 5.39 Å². The van der Waals surface area contributed by atoms with E-state index in [1.165, 1.54) is 0 Å². The molecule has 2 aromatic carbocycles. The largest absolute Gasteiger partial charge is 0.300 e. The summed E-state index contributed by atoms with van der Waals surface area (Å²) in [4.78, 5) is 0. The van der Waals surface area contributed by atoms with Crippen LogP contribution in [0, 0.1) is 6.92 Å². The average molecular weight is 156 g/mol. The van der Waals surface area contributed by atoms with Gasteiger partial charge in [0.2, 0.25) is 0 Å². The average Bonchev–Trinajstić information content (AvgIpc) is 2.12. The minimum atomic E-state index is 0.646. The monoisotopic (exact) mass is 156 g/mol. The van der Waals surface area contributed by atoms with E-state index in [4.69, 9.17) is 5.73 Å². The van der Waals surface area contributed by atoms with E-state index in [0.29, 0.717) is 5.69 Å². The topological polar surface area (TPSA) is 23.8 Å². The van der Waals surface area contributed by atoms with Gasteiger partial charge in [0.15, 0.2) is 0 Å². The van der Waals surface area contributed by atoms with Gasteiger partial charge in [-0.15, -0.1) is 0 Å². The van der Waals surface area contributed by atoms with E-state index in [-0.39, 0.29) is 0 Å². The molecule has 0 aliphatic carbocycles. The molecule has 0 spiro atoms. The van der Waals surface area contributed by atoms with Crippen LogP contribution in [0.15, 0.2) is 36.4 Å². The highest BCUT2D eigenvalue weighted by molar-refractivity contribution is 5.93. The summed E-state index contributed by atoms with van der Waals surface area (Å²) < 4.78 is 0. The molecule has 1 radical (unpaired) electrons. The lowest BCUT2D eigenvalue weighted by Gasteiger charge is -2.02. The van der Waals surface area contributed by atoms with Crippen LogP contribution in [-0.2, 0) is 0 Å². The summed E-state index contributed by atoms with van der Waals surface area (Å²) in [6.07, 6.45) is 0. The van der Waals surface area contributed by atoms with Crippen LogP contribution in [0.1, 0.15) is 5.56 Å². The van der Waals surface area contributed by atoms with Gasteiger partial charge in [-0.1, -0.05) is 36.4 Å². The number of benzene rings is 2. The molecule has 2 aromatic rings. The van der Waals surface area contributed by atoms with E-state index in [1.54, 1.807) is 0 Å². The molecule has 0 aromatic heterocycles. The van der Waals surface area contributed by atoms with Gasteiger partial charge in [-0.2, -0.15) is 0 Å². The highest BCUT2D eigenvalue weighted by Gasteiger charge is 1.98. The second-order valence-electron chi connectivity index (χ2n) is 2.98. The molecular formula is C11H10N. The SMILES string of the molecule is Cc1ccc2ccccc2c1[NH]. The predicted molar refractivity (Wildman–Crippen MR) is 51.4 cm³/mol. The predicted octanol–water partition coefficient (Wildman–Crippen LogP) is 3.06. The van der Waals surface area contributed by atoms with Crippen molar-refractivity contribution in [1.82, 2.24) is 5.73 Å². The Morgan fingerprint density at radius 2 is 1.75 bits per heavy atom. The van der Waals surface area contributed by atoms with E-state index >= 15 is 0 Å². The van der Waals surface area contributed by atoms with Crippen molar-refractivity contribution >= 4 is 16.5 Å². The number of nitrogens with one attached hydrogen (secondary N) is 1. The van der Waals surface area contributed by atoms with Crippen molar-refractivity contribution < 1.29 is 0 Å². The first-order chi connectivity index (χ1) is 5.79. The van der Waals surface area contributed by atoms with Crippen molar-refractivity contribution in [3.63, 3.8) is 0 Å². The molecule has 0 aliphatic rings. The molecule has 2 rings (SSSR count). The Labute approximate surface area is 71.8 Å². The summed E-state index contributed by atoms with van der Waals surface area (Å²) in [5.74, 6) is 0. The van der Waals surface area contributed by atoms with Gasteiger partial charge in [0.25, 0.3) is 0 Å². The van der Waals surface area contributed by atoms with Gasteiger partial charge in [-0.05, 0) is 17.9 Å². The van der Waals surface area contributed by atoms with Gasteiger partial charge in [-0.3, -0.25) is 5.73 Å². The van der Waals surface area contributed by atoms with Crippen molar-refractivity contribution in [2.45, 2.75) is 6.92 Å². The second kappa shape index (κ2) is 2.52. The normalized spacial score (nSPS) is 10.4. The quantitative estimate of drug-likeness (QED) is 0.559. The molecular weight excluding hydrogens is 146 g/mol. The molecule has 0 aliphatic heterocycles. The fraction of sp³-hybridized carbons (Fsp3) is 0.0909. The zero-order valence-electron chi connectivity index (χ0n) is 6.96. The summed E-state index contributed by atoms with van der Waals surface area (Å²) in [6, 6.07) is 12.0. The fourth-order valence-electron chi connectivity index (χ4n) is 1.38. The maximum atomic E-state index is 7.79. The van der Waals surface area contributed by atoms with Gasteiger partial charge < -0.3 is 0 Å². The van der Waals surface area contributed by atoms with Gasteiger partial charge >= 0.3 is 0 Å². The summed E-state index contributed by atoms with van der Waals surface area (Å²) in [7, 11) is 0. The van der Waals surface area contributed by atoms with Crippen molar-refractivity contribution in [1.29, 1.82) is 0 Å². The maximum Gasteiger partial charge on any atom is 0.0647 e. The molecule has 59 valence electrons. The zero-order chi connectivity index (χ0) is 8.55. The summed E-state index contributed by atoms with van der Waals surface area (Å²) in [5, 5.41) is 2.19. The number of hydrogen-bond donors (Lipinski definition) is 0. The van der Waals surface area contributed by atoms with Crippen LogP contribution in [0.3, 0.4) is 0 Å². The van der Waals surface area contributed by atoms with Crippen LogP contribution in [0.4, 0.5) is 5.69 Å². The van der Waals surface area contributed by atoms with Crippen molar-refractivity contribution in [3.05, 3.63) is 42.0 Å². The molecule has 12 heavy (non-hydrogen) atoms. The molecule has 0 atom stereocenters. The molecule has 1 nitrogen and oxygen atoms in total. The van der Waals surface area contributed by atoms with Gasteiger partial charge in [0.1, 0.15) is 0 Å². The lowest BCUT2D eigenvalue weighted by atomic mass is 10.1. The summed E-state index contributed by atoms with van der Waals surface area (Å²) in [6.45, 7) is 1.97. The van der Waals surface area contributed by atoms with Crippen LogP contribution in [-0.4, -0.2) is 0 Å². The van der Waals surface area contributed by atoms with Gasteiger partial charge in [0.05, 0.1) is 5.69 Å². The smallest absolute Gasteiger partial charge is 0.0647 e. The molecule has 1 heteroatoms. The fourth-order valence-corrected chi connectivity index (χ4v) is 1.38. The number of fused-ring (bicyclic) bond motifs is 1. The minimum absolute atomic E-state index is 0.646. The Kier molecular flexibility index (Phi) is 1.51. The Morgan fingerprint density at radius 1 is 1.00 bits per heavy atom. The third-order valence-electron chi connectivity index (χ3n) is 2.14. The Bertz CT molecular complexity index is 418. The second-order valence-corrected chi connectivity index (χ2v) is 2.98. The Balaban J connectivity index is 2.91. The van der Waals surface area contributed by atoms with E-state index < -0.39 is 0 Å². The minimum Gasteiger partial charge on any atom is -0.300 e. The first-order valence-electron chi connectivity index (χ1n) is 3.99. The highest BCUT2D eigenvalue weighted by Crippen LogP contribution is 2.24. The molecule has 0 fully saturated rings. The van der Waals surface area contributed by atoms with Crippen LogP contribution >= 0.6 is 0 Å². The van der Waals surface area contributed by atoms with E-state index in [2.05, 4.69) is 6.07 Å². The Hall–Kier alpha value is -1.50. The molecule has 0 saturated heterocycles. The lowest BCUT2D eigenvalue weighted by Crippen LogP contribution is -1.80. The highest BCUT2D eigenvalue weighted by atomic mass is 14.6. The van der Waals surface area contributed by atoms with Crippen LogP contribution in [0.25, 0.3) is 10.8 Å². The van der Waals surface area contributed by atoms with Crippen LogP contribution in [0.5, 0.6) is 0 Å². The third-order valence-corrected chi connectivity index (χ3v) is 2.14. The maximum absolute atomic E-state index is 7.79. The standard InChI is InChI=1S/C11H10N/c1-8-6-7-9-4-2-3-5-10(9)11(8)12/h2-7,12H,1H3. The first kappa shape index (κ1) is 7.17. The van der Waals surface area contributed by atoms with E-state index in [0.717, 1.165) is 16.3 Å². The number of rotatable bonds is 0. The first-order valence-corrected chi connectivity index (χ1v) is 3.99. The van der Waals surface area contributed by atoms with Crippen LogP contribution in [0.2, 0.25) is 0 Å². The van der Waals surface area contributed by atoms with Crippen molar-refractivity contribution in [2.75, 3.05) is 0 Å². The number of hydrogen-bond acceptors (Lipinski definition) is 0.